The van der Waals surface area contributed by atoms with Crippen molar-refractivity contribution in [3.8, 4) is 5.75 Å². The van der Waals surface area contributed by atoms with Gasteiger partial charge in [-0.2, -0.15) is 0 Å². The molecule has 0 amide bonds. The van der Waals surface area contributed by atoms with Gasteiger partial charge in [0.25, 0.3) is 0 Å². The highest BCUT2D eigenvalue weighted by Gasteiger charge is 2.26. The van der Waals surface area contributed by atoms with Gasteiger partial charge in [-0.15, -0.1) is 11.8 Å². The number of fused-ring (bicyclic) bond motifs is 2. The summed E-state index contributed by atoms with van der Waals surface area (Å²) in [6.45, 7) is 1.86. The second-order valence-corrected chi connectivity index (χ2v) is 8.45. The SMILES string of the molecule is Cc1cc(=O)oc2c(C3=Nc4ccccc4S[C@H](c4cccnc4)C3)c(O)ccc12. The second-order valence-electron chi connectivity index (χ2n) is 7.21. The number of nitrogens with zero attached hydrogens (tertiary/aromatic N) is 2. The highest BCUT2D eigenvalue weighted by Crippen LogP contribution is 2.46. The average molecular weight is 414 g/mol. The Labute approximate surface area is 177 Å². The Bertz CT molecular complexity index is 1350. The largest absolute Gasteiger partial charge is 0.507 e. The van der Waals surface area contributed by atoms with Crippen LogP contribution < -0.4 is 5.63 Å². The molecule has 1 aliphatic heterocycles. The smallest absolute Gasteiger partial charge is 0.336 e. The van der Waals surface area contributed by atoms with E-state index >= 15 is 0 Å². The van der Waals surface area contributed by atoms with E-state index in [9.17, 15) is 9.90 Å². The minimum Gasteiger partial charge on any atom is -0.507 e. The molecule has 6 heteroatoms. The number of aromatic hydroxyl groups is 1. The quantitative estimate of drug-likeness (QED) is 0.435. The lowest BCUT2D eigenvalue weighted by molar-refractivity contribution is 0.471. The number of rotatable bonds is 2. The van der Waals surface area contributed by atoms with Crippen molar-refractivity contribution in [3.63, 3.8) is 0 Å². The predicted molar refractivity (Wildman–Crippen MR) is 119 cm³/mol. The molecule has 0 spiro atoms. The number of hydrogen-bond donors (Lipinski definition) is 1. The van der Waals surface area contributed by atoms with E-state index in [0.717, 1.165) is 27.1 Å². The van der Waals surface area contributed by atoms with E-state index in [2.05, 4.69) is 4.98 Å². The highest BCUT2D eigenvalue weighted by atomic mass is 32.2. The molecule has 2 aromatic heterocycles. The molecule has 1 atom stereocenters. The van der Waals surface area contributed by atoms with Crippen molar-refractivity contribution in [1.82, 2.24) is 4.98 Å². The van der Waals surface area contributed by atoms with Crippen LogP contribution in [0.15, 0.2) is 86.1 Å². The maximum atomic E-state index is 12.1. The number of aromatic nitrogens is 1. The fourth-order valence-corrected chi connectivity index (χ4v) is 4.99. The van der Waals surface area contributed by atoms with Gasteiger partial charge in [0, 0.05) is 40.4 Å². The molecule has 1 N–H and O–H groups in total. The van der Waals surface area contributed by atoms with Crippen LogP contribution in [0.2, 0.25) is 0 Å². The zero-order valence-corrected chi connectivity index (χ0v) is 17.0. The number of para-hydroxylation sites is 1. The summed E-state index contributed by atoms with van der Waals surface area (Å²) >= 11 is 1.72. The van der Waals surface area contributed by atoms with E-state index in [0.29, 0.717) is 23.3 Å². The Balaban J connectivity index is 1.76. The Kier molecular flexibility index (Phi) is 4.64. The molecule has 0 saturated carbocycles. The van der Waals surface area contributed by atoms with E-state index in [1.54, 1.807) is 30.1 Å². The van der Waals surface area contributed by atoms with Gasteiger partial charge in [-0.25, -0.2) is 4.79 Å². The molecule has 1 aliphatic rings. The third-order valence-corrected chi connectivity index (χ3v) is 6.53. The van der Waals surface area contributed by atoms with Gasteiger partial charge in [0.05, 0.1) is 17.0 Å². The van der Waals surface area contributed by atoms with Crippen LogP contribution in [0, 0.1) is 6.92 Å². The fraction of sp³-hybridized carbons (Fsp3) is 0.125. The molecule has 5 rings (SSSR count). The van der Waals surface area contributed by atoms with Crippen molar-refractivity contribution < 1.29 is 9.52 Å². The van der Waals surface area contributed by atoms with Crippen LogP contribution in [-0.4, -0.2) is 15.8 Å². The van der Waals surface area contributed by atoms with Crippen LogP contribution in [0.3, 0.4) is 0 Å². The number of benzene rings is 2. The molecule has 0 bridgehead atoms. The van der Waals surface area contributed by atoms with Crippen molar-refractivity contribution in [2.45, 2.75) is 23.5 Å². The summed E-state index contributed by atoms with van der Waals surface area (Å²) in [5.41, 5.74) is 3.78. The van der Waals surface area contributed by atoms with E-state index < -0.39 is 5.63 Å². The summed E-state index contributed by atoms with van der Waals surface area (Å²) in [7, 11) is 0. The Hall–Kier alpha value is -3.38. The van der Waals surface area contributed by atoms with Gasteiger partial charge in [0.15, 0.2) is 5.58 Å². The first-order valence-corrected chi connectivity index (χ1v) is 10.5. The van der Waals surface area contributed by atoms with Crippen LogP contribution in [-0.2, 0) is 0 Å². The molecule has 2 aromatic carbocycles. The van der Waals surface area contributed by atoms with Gasteiger partial charge in [-0.1, -0.05) is 18.2 Å². The second kappa shape index (κ2) is 7.46. The number of thioether (sulfide) groups is 1. The van der Waals surface area contributed by atoms with Crippen molar-refractivity contribution in [2.24, 2.45) is 4.99 Å². The Morgan fingerprint density at radius 2 is 2.00 bits per heavy atom. The zero-order chi connectivity index (χ0) is 20.7. The van der Waals surface area contributed by atoms with Gasteiger partial charge in [-0.05, 0) is 48.4 Å². The minimum atomic E-state index is -0.445. The maximum Gasteiger partial charge on any atom is 0.336 e. The Morgan fingerprint density at radius 1 is 1.13 bits per heavy atom. The van der Waals surface area contributed by atoms with Crippen LogP contribution in [0.5, 0.6) is 5.75 Å². The number of aryl methyl sites for hydroxylation is 1. The number of hydrogen-bond acceptors (Lipinski definition) is 6. The average Bonchev–Trinajstić information content (AvgIpc) is 2.93. The molecule has 30 heavy (non-hydrogen) atoms. The topological polar surface area (TPSA) is 75.7 Å². The lowest BCUT2D eigenvalue weighted by Crippen LogP contribution is -2.08. The summed E-state index contributed by atoms with van der Waals surface area (Å²) in [6, 6.07) is 16.8. The van der Waals surface area contributed by atoms with Crippen molar-refractivity contribution in [1.29, 1.82) is 0 Å². The van der Waals surface area contributed by atoms with Gasteiger partial charge in [-0.3, -0.25) is 9.98 Å². The first-order chi connectivity index (χ1) is 14.6. The molecule has 0 saturated heterocycles. The van der Waals surface area contributed by atoms with E-state index in [4.69, 9.17) is 9.41 Å². The van der Waals surface area contributed by atoms with Gasteiger partial charge < -0.3 is 9.52 Å². The number of phenols is 1. The molecule has 0 radical (unpaired) electrons. The van der Waals surface area contributed by atoms with E-state index in [1.807, 2.05) is 49.5 Å². The van der Waals surface area contributed by atoms with Crippen molar-refractivity contribution in [2.75, 3.05) is 0 Å². The molecular formula is C24H18N2O3S. The van der Waals surface area contributed by atoms with Crippen LogP contribution in [0.25, 0.3) is 11.0 Å². The van der Waals surface area contributed by atoms with Crippen LogP contribution in [0.1, 0.15) is 28.4 Å². The molecule has 0 unspecified atom stereocenters. The standard InChI is InChI=1S/C24H18N2O3S/c1-14-11-22(28)29-24-16(14)8-9-19(27)23(24)18-12-21(15-5-4-10-25-13-15)30-20-7-3-2-6-17(20)26-18/h2-11,13,21,27H,12H2,1H3/t21-/m0/s1. The number of aliphatic imine (C=N–C) groups is 1. The highest BCUT2D eigenvalue weighted by molar-refractivity contribution is 7.99. The van der Waals surface area contributed by atoms with Gasteiger partial charge >= 0.3 is 5.63 Å². The van der Waals surface area contributed by atoms with Gasteiger partial charge in [0.1, 0.15) is 5.75 Å². The van der Waals surface area contributed by atoms with Gasteiger partial charge in [0.2, 0.25) is 0 Å². The molecule has 0 aliphatic carbocycles. The molecule has 5 nitrogen and oxygen atoms in total. The maximum absolute atomic E-state index is 12.1. The molecule has 3 heterocycles. The fourth-order valence-electron chi connectivity index (χ4n) is 3.77. The Morgan fingerprint density at radius 3 is 2.83 bits per heavy atom. The predicted octanol–water partition coefficient (Wildman–Crippen LogP) is 5.56. The van der Waals surface area contributed by atoms with Crippen LogP contribution in [0.4, 0.5) is 5.69 Å². The third-order valence-electron chi connectivity index (χ3n) is 5.21. The summed E-state index contributed by atoms with van der Waals surface area (Å²) in [5, 5.41) is 11.6. The van der Waals surface area contributed by atoms with E-state index in [1.165, 1.54) is 6.07 Å². The number of phenolic OH excluding ortho intramolecular Hbond substituents is 1. The first kappa shape index (κ1) is 18.6. The first-order valence-electron chi connectivity index (χ1n) is 9.60. The van der Waals surface area contributed by atoms with Crippen molar-refractivity contribution in [3.05, 3.63) is 94.1 Å². The summed E-state index contributed by atoms with van der Waals surface area (Å²) in [4.78, 5) is 22.3. The zero-order valence-electron chi connectivity index (χ0n) is 16.2. The molecule has 148 valence electrons. The third kappa shape index (κ3) is 3.29. The summed E-state index contributed by atoms with van der Waals surface area (Å²) in [6.07, 6.45) is 4.16. The lowest BCUT2D eigenvalue weighted by atomic mass is 9.98. The van der Waals surface area contributed by atoms with Crippen molar-refractivity contribution >= 4 is 34.1 Å². The number of pyridine rings is 1. The minimum absolute atomic E-state index is 0.0457. The molecule has 0 fully saturated rings. The van der Waals surface area contributed by atoms with E-state index in [-0.39, 0.29) is 11.0 Å². The summed E-state index contributed by atoms with van der Waals surface area (Å²) in [5.74, 6) is 0.0457. The molecular weight excluding hydrogens is 396 g/mol. The van der Waals surface area contributed by atoms with Crippen LogP contribution >= 0.6 is 11.8 Å². The monoisotopic (exact) mass is 414 g/mol. The normalized spacial score (nSPS) is 16.0. The summed E-state index contributed by atoms with van der Waals surface area (Å²) < 4.78 is 5.56. The lowest BCUT2D eigenvalue weighted by Gasteiger charge is -2.16. The molecule has 4 aromatic rings.